The molecule has 1 nitrogen and oxygen atoms in total. The lowest BCUT2D eigenvalue weighted by Gasteiger charge is -2.32. The minimum absolute atomic E-state index is 0.524. The third-order valence-corrected chi connectivity index (χ3v) is 7.42. The monoisotopic (exact) mass is 391 g/mol. The maximum absolute atomic E-state index is 6.28. The molecular formula is C24H22ClNS. The van der Waals surface area contributed by atoms with Crippen LogP contribution in [0.25, 0.3) is 25.7 Å². The summed E-state index contributed by atoms with van der Waals surface area (Å²) in [6.07, 6.45) is 8.90. The molecule has 0 amide bonds. The van der Waals surface area contributed by atoms with Crippen LogP contribution in [0.1, 0.15) is 25.3 Å². The minimum Gasteiger partial charge on any atom is -0.383 e. The summed E-state index contributed by atoms with van der Waals surface area (Å²) < 4.78 is 2.78. The molecule has 2 heterocycles. The van der Waals surface area contributed by atoms with Crippen molar-refractivity contribution in [1.82, 2.24) is 5.32 Å². The normalized spacial score (nSPS) is 24.9. The summed E-state index contributed by atoms with van der Waals surface area (Å²) in [6, 6.07) is 15.5. The maximum Gasteiger partial charge on any atom is 0.0501 e. The third-order valence-electron chi connectivity index (χ3n) is 5.91. The highest BCUT2D eigenvalue weighted by atomic mass is 35.5. The van der Waals surface area contributed by atoms with Gasteiger partial charge in [0.05, 0.1) is 6.54 Å². The summed E-state index contributed by atoms with van der Waals surface area (Å²) in [5.74, 6) is 1.10. The van der Waals surface area contributed by atoms with Crippen molar-refractivity contribution in [2.45, 2.75) is 19.8 Å². The van der Waals surface area contributed by atoms with E-state index in [0.717, 1.165) is 24.4 Å². The van der Waals surface area contributed by atoms with Crippen molar-refractivity contribution in [2.75, 3.05) is 6.54 Å². The summed E-state index contributed by atoms with van der Waals surface area (Å²) in [7, 11) is 0. The Balaban J connectivity index is 1.60. The molecule has 0 fully saturated rings. The number of hydrogen-bond donors (Lipinski definition) is 1. The predicted octanol–water partition coefficient (Wildman–Crippen LogP) is 7.09. The average molecular weight is 392 g/mol. The van der Waals surface area contributed by atoms with Crippen molar-refractivity contribution in [3.63, 3.8) is 0 Å². The number of allylic oxidation sites excluding steroid dienone is 5. The smallest absolute Gasteiger partial charge is 0.0501 e. The Hall–Kier alpha value is -2.03. The molecule has 0 spiro atoms. The Morgan fingerprint density at radius 3 is 2.81 bits per heavy atom. The second-order valence-corrected chi connectivity index (χ2v) is 9.16. The Morgan fingerprint density at radius 1 is 1.04 bits per heavy atom. The van der Waals surface area contributed by atoms with Crippen LogP contribution in [-0.4, -0.2) is 6.54 Å². The largest absolute Gasteiger partial charge is 0.383 e. The first-order valence-electron chi connectivity index (χ1n) is 9.60. The van der Waals surface area contributed by atoms with Crippen LogP contribution in [0.5, 0.6) is 0 Å². The number of nitrogens with one attached hydrogen (secondary N) is 1. The molecule has 2 atom stereocenters. The molecule has 5 rings (SSSR count). The van der Waals surface area contributed by atoms with Crippen molar-refractivity contribution in [3.8, 4) is 0 Å². The summed E-state index contributed by atoms with van der Waals surface area (Å²) in [6.45, 7) is 3.08. The zero-order chi connectivity index (χ0) is 18.4. The zero-order valence-electron chi connectivity index (χ0n) is 15.3. The average Bonchev–Trinajstić information content (AvgIpc) is 3.08. The maximum atomic E-state index is 6.28. The highest BCUT2D eigenvalue weighted by Gasteiger charge is 2.27. The van der Waals surface area contributed by atoms with Crippen LogP contribution in [-0.2, 0) is 0 Å². The lowest BCUT2D eigenvalue weighted by molar-refractivity contribution is 0.394. The van der Waals surface area contributed by atoms with Crippen molar-refractivity contribution >= 4 is 48.7 Å². The fourth-order valence-corrected chi connectivity index (χ4v) is 5.77. The van der Waals surface area contributed by atoms with Crippen molar-refractivity contribution < 1.29 is 0 Å². The molecule has 27 heavy (non-hydrogen) atoms. The number of hydrogen-bond acceptors (Lipinski definition) is 2. The lowest BCUT2D eigenvalue weighted by atomic mass is 9.78. The second-order valence-electron chi connectivity index (χ2n) is 7.62. The molecule has 2 aromatic carbocycles. The number of thiophene rings is 1. The fraction of sp³-hybridized carbons (Fsp3) is 0.250. The van der Waals surface area contributed by atoms with Crippen LogP contribution in [0.2, 0.25) is 0 Å². The first-order valence-corrected chi connectivity index (χ1v) is 10.8. The Kier molecular flexibility index (Phi) is 4.34. The van der Waals surface area contributed by atoms with E-state index in [4.69, 9.17) is 11.6 Å². The van der Waals surface area contributed by atoms with E-state index in [2.05, 4.69) is 72.9 Å². The van der Waals surface area contributed by atoms with Crippen LogP contribution in [0.4, 0.5) is 0 Å². The minimum atomic E-state index is 0.524. The third kappa shape index (κ3) is 3.01. The second kappa shape index (κ2) is 6.85. The Morgan fingerprint density at radius 2 is 1.89 bits per heavy atom. The quantitative estimate of drug-likeness (QED) is 0.466. The number of fused-ring (bicyclic) bond motifs is 4. The molecule has 0 radical (unpaired) electrons. The Bertz CT molecular complexity index is 1120. The van der Waals surface area contributed by atoms with Gasteiger partial charge in [-0.2, -0.15) is 0 Å². The molecule has 3 aromatic rings. The standard InChI is InChI=1S/C24H22ClNS/c1-15-9-11-17(25)14-26-22-12-10-16(13-21(15)22)18-6-4-7-20-19-5-2-3-8-23(19)27-24(18)20/h2-8,10-12,15,21,26H,9,13-14H2,1H3/b17-11+. The van der Waals surface area contributed by atoms with E-state index in [1.54, 1.807) is 0 Å². The van der Waals surface area contributed by atoms with E-state index in [1.807, 2.05) is 11.3 Å². The van der Waals surface area contributed by atoms with Gasteiger partial charge >= 0.3 is 0 Å². The van der Waals surface area contributed by atoms with Crippen LogP contribution in [0, 0.1) is 11.8 Å². The van der Waals surface area contributed by atoms with Gasteiger partial charge in [-0.1, -0.05) is 67.1 Å². The molecule has 3 heteroatoms. The predicted molar refractivity (Wildman–Crippen MR) is 119 cm³/mol. The fourth-order valence-electron chi connectivity index (χ4n) is 4.36. The number of halogens is 1. The van der Waals surface area contributed by atoms with Gasteiger partial charge in [-0.05, 0) is 42.0 Å². The summed E-state index contributed by atoms with van der Waals surface area (Å²) in [5, 5.41) is 7.22. The van der Waals surface area contributed by atoms with E-state index < -0.39 is 0 Å². The number of benzene rings is 2. The highest BCUT2D eigenvalue weighted by molar-refractivity contribution is 7.26. The van der Waals surface area contributed by atoms with Crippen molar-refractivity contribution in [3.05, 3.63) is 77.0 Å². The first-order chi connectivity index (χ1) is 13.2. The molecule has 1 aliphatic carbocycles. The molecule has 2 unspecified atom stereocenters. The van der Waals surface area contributed by atoms with Crippen molar-refractivity contribution in [2.24, 2.45) is 11.8 Å². The van der Waals surface area contributed by atoms with Gasteiger partial charge in [0, 0.05) is 36.8 Å². The van der Waals surface area contributed by atoms with Gasteiger partial charge < -0.3 is 5.32 Å². The van der Waals surface area contributed by atoms with Gasteiger partial charge in [-0.15, -0.1) is 11.3 Å². The molecule has 1 aliphatic heterocycles. The summed E-state index contributed by atoms with van der Waals surface area (Å²) in [5.41, 5.74) is 4.18. The van der Waals surface area contributed by atoms with E-state index in [-0.39, 0.29) is 0 Å². The summed E-state index contributed by atoms with van der Waals surface area (Å²) in [4.78, 5) is 0. The topological polar surface area (TPSA) is 12.0 Å². The molecule has 136 valence electrons. The molecule has 0 saturated carbocycles. The van der Waals surface area contributed by atoms with Crippen LogP contribution >= 0.6 is 22.9 Å². The van der Waals surface area contributed by atoms with Gasteiger partial charge in [0.15, 0.2) is 0 Å². The summed E-state index contributed by atoms with van der Waals surface area (Å²) >= 11 is 8.19. The van der Waals surface area contributed by atoms with Gasteiger partial charge in [-0.3, -0.25) is 0 Å². The molecule has 1 N–H and O–H groups in total. The molecule has 1 aromatic heterocycles. The van der Waals surface area contributed by atoms with E-state index in [9.17, 15) is 0 Å². The Labute approximate surface area is 169 Å². The van der Waals surface area contributed by atoms with Crippen LogP contribution < -0.4 is 5.32 Å². The van der Waals surface area contributed by atoms with Gasteiger partial charge in [0.2, 0.25) is 0 Å². The highest BCUT2D eigenvalue weighted by Crippen LogP contribution is 2.42. The van der Waals surface area contributed by atoms with Crippen LogP contribution in [0.3, 0.4) is 0 Å². The van der Waals surface area contributed by atoms with E-state index in [0.29, 0.717) is 11.8 Å². The molecule has 0 saturated heterocycles. The number of rotatable bonds is 1. The zero-order valence-corrected chi connectivity index (χ0v) is 16.9. The molecule has 2 aliphatic rings. The van der Waals surface area contributed by atoms with E-state index >= 15 is 0 Å². The van der Waals surface area contributed by atoms with E-state index in [1.165, 1.54) is 37.0 Å². The van der Waals surface area contributed by atoms with Gasteiger partial charge in [-0.25, -0.2) is 0 Å². The molecule has 0 bridgehead atoms. The first kappa shape index (κ1) is 17.1. The SMILES string of the molecule is CC1C/C=C(/Cl)CNC2=CC=C(c3cccc4c3sc3ccccc34)CC21. The molecular weight excluding hydrogens is 370 g/mol. The lowest BCUT2D eigenvalue weighted by Crippen LogP contribution is -2.29. The van der Waals surface area contributed by atoms with Gasteiger partial charge in [0.25, 0.3) is 0 Å². The van der Waals surface area contributed by atoms with Crippen molar-refractivity contribution in [1.29, 1.82) is 0 Å². The van der Waals surface area contributed by atoms with Crippen LogP contribution in [0.15, 0.2) is 71.4 Å². The van der Waals surface area contributed by atoms with Gasteiger partial charge in [0.1, 0.15) is 0 Å².